The molecule has 10 nitrogen and oxygen atoms in total. The first kappa shape index (κ1) is 32.9. The van der Waals surface area contributed by atoms with E-state index in [1.165, 1.54) is 67.2 Å². The Kier molecular flexibility index (Phi) is 9.98. The number of sulfonamides is 1. The maximum Gasteiger partial charge on any atom is 0.416 e. The van der Waals surface area contributed by atoms with E-state index in [2.05, 4.69) is 20.8 Å². The first-order chi connectivity index (χ1) is 20.7. The summed E-state index contributed by atoms with van der Waals surface area (Å²) in [6.07, 6.45) is -4.63. The third-order valence-electron chi connectivity index (χ3n) is 5.99. The van der Waals surface area contributed by atoms with Crippen LogP contribution in [0.1, 0.15) is 21.7 Å². The van der Waals surface area contributed by atoms with E-state index < -0.39 is 39.4 Å². The Morgan fingerprint density at radius 1 is 1.00 bits per heavy atom. The van der Waals surface area contributed by atoms with Gasteiger partial charge in [-0.1, -0.05) is 23.4 Å². The fourth-order valence-electron chi connectivity index (χ4n) is 3.72. The molecule has 0 aliphatic carbocycles. The molecule has 0 saturated carbocycles. The third kappa shape index (κ3) is 7.74. The van der Waals surface area contributed by atoms with Gasteiger partial charge in [0.1, 0.15) is 5.82 Å². The summed E-state index contributed by atoms with van der Waals surface area (Å²) in [4.78, 5) is 25.4. The number of amides is 2. The monoisotopic (exact) mass is 670 g/mol. The van der Waals surface area contributed by atoms with Crippen LogP contribution >= 0.6 is 23.4 Å². The van der Waals surface area contributed by atoms with Crippen molar-refractivity contribution in [3.8, 4) is 5.69 Å². The van der Waals surface area contributed by atoms with Crippen LogP contribution in [0.15, 0.2) is 76.8 Å². The average Bonchev–Trinajstić information content (AvgIpc) is 3.38. The number of rotatable bonds is 10. The van der Waals surface area contributed by atoms with Gasteiger partial charge >= 0.3 is 6.18 Å². The predicted octanol–water partition coefficient (Wildman–Crippen LogP) is 4.99. The molecular weight excluding hydrogens is 648 g/mol. The van der Waals surface area contributed by atoms with Crippen LogP contribution < -0.4 is 10.6 Å². The first-order valence-electron chi connectivity index (χ1n) is 12.5. The van der Waals surface area contributed by atoms with Gasteiger partial charge in [0.2, 0.25) is 15.9 Å². The molecule has 0 fully saturated rings. The average molecular weight is 671 g/mol. The van der Waals surface area contributed by atoms with Crippen LogP contribution in [-0.2, 0) is 27.5 Å². The molecule has 1 aromatic heterocycles. The number of benzene rings is 3. The van der Waals surface area contributed by atoms with Crippen molar-refractivity contribution >= 4 is 50.9 Å². The molecule has 0 atom stereocenters. The summed E-state index contributed by atoms with van der Waals surface area (Å²) in [5.74, 6) is -1.83. The maximum absolute atomic E-state index is 13.6. The van der Waals surface area contributed by atoms with Crippen LogP contribution in [0.2, 0.25) is 5.02 Å². The Labute approximate surface area is 258 Å². The molecule has 0 bridgehead atoms. The van der Waals surface area contributed by atoms with Gasteiger partial charge in [0.15, 0.2) is 11.0 Å². The summed E-state index contributed by atoms with van der Waals surface area (Å²) in [6, 6.07) is 13.1. The van der Waals surface area contributed by atoms with Crippen molar-refractivity contribution in [1.29, 1.82) is 0 Å². The summed E-state index contributed by atoms with van der Waals surface area (Å²) in [5.41, 5.74) is -0.622. The zero-order valence-electron chi connectivity index (χ0n) is 22.9. The molecule has 4 aromatic rings. The molecule has 0 radical (unpaired) electrons. The number of nitrogens with zero attached hydrogens (tertiary/aromatic N) is 4. The van der Waals surface area contributed by atoms with Gasteiger partial charge in [-0.05, 0) is 66.7 Å². The van der Waals surface area contributed by atoms with E-state index in [4.69, 9.17) is 11.6 Å². The Hall–Kier alpha value is -3.99. The highest BCUT2D eigenvalue weighted by molar-refractivity contribution is 7.99. The van der Waals surface area contributed by atoms with E-state index in [0.29, 0.717) is 5.69 Å². The van der Waals surface area contributed by atoms with Crippen molar-refractivity contribution in [3.63, 3.8) is 0 Å². The standard InChI is InChI=1S/C27H23ClF4N6O4S2/c1-37(2)44(41,42)20-10-3-16(4-11-20)25(40)33-14-23-35-36-26(38(23)19-8-6-18(29)7-9-19)43-15-24(39)34-22-13-17(27(30,31)32)5-12-21(22)28/h3-13H,14-15H2,1-2H3,(H,33,40)(H,34,39). The minimum Gasteiger partial charge on any atom is -0.345 e. The zero-order valence-corrected chi connectivity index (χ0v) is 25.3. The summed E-state index contributed by atoms with van der Waals surface area (Å²) in [6.45, 7) is -0.159. The highest BCUT2D eigenvalue weighted by atomic mass is 35.5. The number of aromatic nitrogens is 3. The van der Waals surface area contributed by atoms with Crippen molar-refractivity contribution < 1.29 is 35.6 Å². The fourth-order valence-corrected chi connectivity index (χ4v) is 5.56. The van der Waals surface area contributed by atoms with Gasteiger partial charge in [0, 0.05) is 25.3 Å². The molecule has 0 saturated heterocycles. The fraction of sp³-hybridized carbons (Fsp3) is 0.185. The molecule has 0 aliphatic heterocycles. The van der Waals surface area contributed by atoms with Gasteiger partial charge in [-0.3, -0.25) is 14.2 Å². The van der Waals surface area contributed by atoms with Gasteiger partial charge in [-0.2, -0.15) is 13.2 Å². The number of carbonyl (C=O) groups excluding carboxylic acids is 2. The number of alkyl halides is 3. The molecule has 0 aliphatic rings. The van der Waals surface area contributed by atoms with E-state index in [9.17, 15) is 35.6 Å². The number of hydrogen-bond donors (Lipinski definition) is 2. The van der Waals surface area contributed by atoms with Gasteiger partial charge in [-0.15, -0.1) is 10.2 Å². The Bertz CT molecular complexity index is 1780. The molecule has 2 N–H and O–H groups in total. The van der Waals surface area contributed by atoms with Crippen molar-refractivity contribution in [2.24, 2.45) is 0 Å². The van der Waals surface area contributed by atoms with E-state index in [1.807, 2.05) is 0 Å². The number of hydrogen-bond acceptors (Lipinski definition) is 7. The summed E-state index contributed by atoms with van der Waals surface area (Å²) < 4.78 is 80.0. The quantitative estimate of drug-likeness (QED) is 0.180. The molecule has 0 unspecified atom stereocenters. The topological polar surface area (TPSA) is 126 Å². The highest BCUT2D eigenvalue weighted by Crippen LogP contribution is 2.34. The molecule has 44 heavy (non-hydrogen) atoms. The van der Waals surface area contributed by atoms with Crippen molar-refractivity contribution in [3.05, 3.63) is 94.5 Å². The van der Waals surface area contributed by atoms with E-state index >= 15 is 0 Å². The van der Waals surface area contributed by atoms with Crippen LogP contribution in [0.3, 0.4) is 0 Å². The van der Waals surface area contributed by atoms with Crippen LogP contribution in [0.5, 0.6) is 0 Å². The van der Waals surface area contributed by atoms with E-state index in [-0.39, 0.29) is 44.4 Å². The number of carbonyl (C=O) groups is 2. The van der Waals surface area contributed by atoms with Crippen molar-refractivity contribution in [2.75, 3.05) is 25.2 Å². The van der Waals surface area contributed by atoms with Gasteiger partial charge < -0.3 is 10.6 Å². The number of anilines is 1. The maximum atomic E-state index is 13.6. The molecule has 0 spiro atoms. The zero-order chi connectivity index (χ0) is 32.2. The smallest absolute Gasteiger partial charge is 0.345 e. The lowest BCUT2D eigenvalue weighted by Crippen LogP contribution is -2.25. The number of nitrogens with one attached hydrogen (secondary N) is 2. The van der Waals surface area contributed by atoms with Crippen LogP contribution in [0, 0.1) is 5.82 Å². The second kappa shape index (κ2) is 13.3. The number of thioether (sulfide) groups is 1. The van der Waals surface area contributed by atoms with E-state index in [1.54, 1.807) is 0 Å². The Morgan fingerprint density at radius 2 is 1.66 bits per heavy atom. The normalized spacial score (nSPS) is 11.9. The van der Waals surface area contributed by atoms with Gasteiger partial charge in [0.05, 0.1) is 33.5 Å². The van der Waals surface area contributed by atoms with E-state index in [0.717, 1.165) is 34.3 Å². The first-order valence-corrected chi connectivity index (χ1v) is 15.3. The molecule has 1 heterocycles. The summed E-state index contributed by atoms with van der Waals surface area (Å²) in [5, 5.41) is 13.2. The molecule has 3 aromatic carbocycles. The molecule has 4 rings (SSSR count). The minimum absolute atomic E-state index is 0.0103. The third-order valence-corrected chi connectivity index (χ3v) is 9.08. The lowest BCUT2D eigenvalue weighted by molar-refractivity contribution is -0.137. The van der Waals surface area contributed by atoms with Gasteiger partial charge in [-0.25, -0.2) is 17.1 Å². The lowest BCUT2D eigenvalue weighted by Gasteiger charge is -2.13. The van der Waals surface area contributed by atoms with Crippen LogP contribution in [-0.4, -0.2) is 59.2 Å². The van der Waals surface area contributed by atoms with Crippen LogP contribution in [0.25, 0.3) is 5.69 Å². The van der Waals surface area contributed by atoms with Gasteiger partial charge in [0.25, 0.3) is 5.91 Å². The molecule has 17 heteroatoms. The lowest BCUT2D eigenvalue weighted by atomic mass is 10.2. The van der Waals surface area contributed by atoms with Crippen molar-refractivity contribution in [1.82, 2.24) is 24.4 Å². The summed E-state index contributed by atoms with van der Waals surface area (Å²) >= 11 is 6.86. The second-order valence-electron chi connectivity index (χ2n) is 9.23. The summed E-state index contributed by atoms with van der Waals surface area (Å²) in [7, 11) is -0.906. The predicted molar refractivity (Wildman–Crippen MR) is 156 cm³/mol. The minimum atomic E-state index is -4.63. The molecular formula is C27H23ClF4N6O4S2. The SMILES string of the molecule is CN(C)S(=O)(=O)c1ccc(C(=O)NCc2nnc(SCC(=O)Nc3cc(C(F)(F)F)ccc3Cl)n2-c2ccc(F)cc2)cc1. The molecule has 2 amide bonds. The van der Waals surface area contributed by atoms with Crippen LogP contribution in [0.4, 0.5) is 23.2 Å². The molecule has 232 valence electrons. The Morgan fingerprint density at radius 3 is 2.27 bits per heavy atom. The highest BCUT2D eigenvalue weighted by Gasteiger charge is 2.31. The Balaban J connectivity index is 1.50. The second-order valence-corrected chi connectivity index (χ2v) is 12.7. The largest absolute Gasteiger partial charge is 0.416 e. The number of halogens is 5. The van der Waals surface area contributed by atoms with Crippen molar-refractivity contribution in [2.45, 2.75) is 22.8 Å².